The van der Waals surface area contributed by atoms with E-state index in [1.165, 1.54) is 0 Å². The molecule has 1 aliphatic carbocycles. The largest absolute Gasteiger partial charge is 0.496 e. The van der Waals surface area contributed by atoms with Gasteiger partial charge in [-0.15, -0.1) is 0 Å². The van der Waals surface area contributed by atoms with Gasteiger partial charge in [0.15, 0.2) is 5.65 Å². The van der Waals surface area contributed by atoms with Crippen LogP contribution in [0.15, 0.2) is 30.3 Å². The van der Waals surface area contributed by atoms with Crippen LogP contribution in [0.25, 0.3) is 11.0 Å². The normalized spacial score (nSPS) is 13.7. The molecule has 6 nitrogen and oxygen atoms in total. The molecule has 1 amide bonds. The minimum Gasteiger partial charge on any atom is -0.496 e. The molecule has 1 aliphatic rings. The van der Waals surface area contributed by atoms with Gasteiger partial charge >= 0.3 is 0 Å². The Kier molecular flexibility index (Phi) is 5.03. The number of carbonyl (C=O) groups excluding carboxylic acids is 1. The molecule has 1 fully saturated rings. The van der Waals surface area contributed by atoms with E-state index in [0.717, 1.165) is 59.4 Å². The zero-order chi connectivity index (χ0) is 19.7. The van der Waals surface area contributed by atoms with Crippen LogP contribution in [0.5, 0.6) is 5.75 Å². The summed E-state index contributed by atoms with van der Waals surface area (Å²) in [6.45, 7) is 2.54. The van der Waals surface area contributed by atoms with Crippen molar-refractivity contribution >= 4 is 16.9 Å². The molecule has 1 N–H and O–H groups in total. The van der Waals surface area contributed by atoms with Gasteiger partial charge in [0, 0.05) is 25.2 Å². The van der Waals surface area contributed by atoms with Gasteiger partial charge in [0.05, 0.1) is 23.8 Å². The Bertz CT molecular complexity index is 1020. The fourth-order valence-electron chi connectivity index (χ4n) is 3.72. The van der Waals surface area contributed by atoms with Crippen molar-refractivity contribution < 1.29 is 9.53 Å². The number of methoxy groups -OCH3 is 1. The fourth-order valence-corrected chi connectivity index (χ4v) is 3.72. The third-order valence-corrected chi connectivity index (χ3v) is 5.33. The van der Waals surface area contributed by atoms with Gasteiger partial charge in [-0.1, -0.05) is 18.2 Å². The minimum atomic E-state index is -0.0505. The van der Waals surface area contributed by atoms with Gasteiger partial charge in [0.25, 0.3) is 5.91 Å². The number of ether oxygens (including phenoxy) is 1. The number of aryl methyl sites for hydroxylation is 3. The third kappa shape index (κ3) is 3.59. The first-order chi connectivity index (χ1) is 13.6. The van der Waals surface area contributed by atoms with E-state index in [0.29, 0.717) is 18.0 Å². The maximum absolute atomic E-state index is 12.9. The first-order valence-corrected chi connectivity index (χ1v) is 9.83. The quantitative estimate of drug-likeness (QED) is 0.639. The van der Waals surface area contributed by atoms with Crippen molar-refractivity contribution in [3.63, 3.8) is 0 Å². The highest BCUT2D eigenvalue weighted by Gasteiger charge is 2.28. The zero-order valence-corrected chi connectivity index (χ0v) is 16.7. The van der Waals surface area contributed by atoms with Crippen LogP contribution in [-0.4, -0.2) is 34.3 Å². The molecule has 2 aromatic heterocycles. The lowest BCUT2D eigenvalue weighted by Gasteiger charge is -2.10. The molecule has 28 heavy (non-hydrogen) atoms. The fraction of sp³-hybridized carbons (Fsp3) is 0.409. The Morgan fingerprint density at radius 3 is 2.86 bits per heavy atom. The zero-order valence-electron chi connectivity index (χ0n) is 16.7. The number of amides is 1. The topological polar surface area (TPSA) is 69.0 Å². The van der Waals surface area contributed by atoms with Crippen molar-refractivity contribution in [2.24, 2.45) is 7.05 Å². The number of benzene rings is 1. The first-order valence-electron chi connectivity index (χ1n) is 9.83. The summed E-state index contributed by atoms with van der Waals surface area (Å²) in [5.41, 5.74) is 4.49. The monoisotopic (exact) mass is 378 g/mol. The molecule has 2 heterocycles. The summed E-state index contributed by atoms with van der Waals surface area (Å²) < 4.78 is 7.17. The van der Waals surface area contributed by atoms with E-state index in [-0.39, 0.29) is 5.91 Å². The second kappa shape index (κ2) is 7.62. The van der Waals surface area contributed by atoms with Gasteiger partial charge in [-0.25, -0.2) is 4.98 Å². The molecule has 1 aromatic carbocycles. The van der Waals surface area contributed by atoms with E-state index < -0.39 is 0 Å². The number of fused-ring (bicyclic) bond motifs is 1. The molecule has 146 valence electrons. The molecule has 3 aromatic rings. The van der Waals surface area contributed by atoms with Crippen LogP contribution in [0.3, 0.4) is 0 Å². The number of carbonyl (C=O) groups is 1. The standard InChI is InChI=1S/C22H26N4O2/c1-14-20-17(13-18(15-10-11-15)24-21(20)26(2)25-14)22(27)23-12-6-8-16-7-4-5-9-19(16)28-3/h4-5,7,9,13,15H,6,8,10-12H2,1-3H3,(H,23,27). The second-order valence-corrected chi connectivity index (χ2v) is 7.45. The van der Waals surface area contributed by atoms with Gasteiger partial charge in [-0.05, 0) is 50.3 Å². The lowest BCUT2D eigenvalue weighted by Crippen LogP contribution is -2.25. The van der Waals surface area contributed by atoms with Crippen molar-refractivity contribution in [2.45, 2.75) is 38.5 Å². The minimum absolute atomic E-state index is 0.0505. The number of nitrogens with one attached hydrogen (secondary N) is 1. The SMILES string of the molecule is COc1ccccc1CCCNC(=O)c1cc(C2CC2)nc2c1c(C)nn2C. The molecule has 0 saturated heterocycles. The molecule has 0 atom stereocenters. The number of pyridine rings is 1. The molecule has 1 saturated carbocycles. The summed E-state index contributed by atoms with van der Waals surface area (Å²) in [6, 6.07) is 9.96. The van der Waals surface area contributed by atoms with E-state index in [1.54, 1.807) is 11.8 Å². The molecule has 0 bridgehead atoms. The van der Waals surface area contributed by atoms with E-state index >= 15 is 0 Å². The number of nitrogens with zero attached hydrogens (tertiary/aromatic N) is 3. The second-order valence-electron chi connectivity index (χ2n) is 7.45. The highest BCUT2D eigenvalue weighted by Crippen LogP contribution is 2.40. The van der Waals surface area contributed by atoms with E-state index in [2.05, 4.69) is 16.5 Å². The number of aromatic nitrogens is 3. The number of hydrogen-bond acceptors (Lipinski definition) is 4. The van der Waals surface area contributed by atoms with Crippen molar-refractivity contribution in [2.75, 3.05) is 13.7 Å². The Labute approximate surface area is 164 Å². The van der Waals surface area contributed by atoms with Gasteiger partial charge in [-0.3, -0.25) is 9.48 Å². The first kappa shape index (κ1) is 18.5. The summed E-state index contributed by atoms with van der Waals surface area (Å²) in [5, 5.41) is 8.40. The molecule has 0 unspecified atom stereocenters. The van der Waals surface area contributed by atoms with Crippen LogP contribution >= 0.6 is 0 Å². The van der Waals surface area contributed by atoms with Gasteiger partial charge in [-0.2, -0.15) is 5.10 Å². The molecule has 6 heteroatoms. The summed E-state index contributed by atoms with van der Waals surface area (Å²) >= 11 is 0. The predicted molar refractivity (Wildman–Crippen MR) is 109 cm³/mol. The highest BCUT2D eigenvalue weighted by molar-refractivity contribution is 6.06. The smallest absolute Gasteiger partial charge is 0.252 e. The molecule has 4 rings (SSSR count). The van der Waals surface area contributed by atoms with Crippen LogP contribution in [0.1, 0.15) is 52.5 Å². The summed E-state index contributed by atoms with van der Waals surface area (Å²) in [7, 11) is 3.57. The van der Waals surface area contributed by atoms with Gasteiger partial charge in [0.2, 0.25) is 0 Å². The molecule has 0 aliphatic heterocycles. The maximum atomic E-state index is 12.9. The Morgan fingerprint density at radius 2 is 2.11 bits per heavy atom. The van der Waals surface area contributed by atoms with Crippen molar-refractivity contribution in [1.29, 1.82) is 0 Å². The number of rotatable bonds is 7. The average molecular weight is 378 g/mol. The number of para-hydroxylation sites is 1. The van der Waals surface area contributed by atoms with Crippen LogP contribution < -0.4 is 10.1 Å². The molecule has 0 spiro atoms. The van der Waals surface area contributed by atoms with Gasteiger partial charge < -0.3 is 10.1 Å². The molecular weight excluding hydrogens is 352 g/mol. The van der Waals surface area contributed by atoms with Crippen LogP contribution in [0.4, 0.5) is 0 Å². The highest BCUT2D eigenvalue weighted by atomic mass is 16.5. The average Bonchev–Trinajstić information content (AvgIpc) is 3.51. The Morgan fingerprint density at radius 1 is 1.32 bits per heavy atom. The third-order valence-electron chi connectivity index (χ3n) is 5.33. The van der Waals surface area contributed by atoms with Crippen LogP contribution in [-0.2, 0) is 13.5 Å². The summed E-state index contributed by atoms with van der Waals surface area (Å²) in [5.74, 6) is 1.33. The Hall–Kier alpha value is -2.89. The Balaban J connectivity index is 1.48. The van der Waals surface area contributed by atoms with Crippen LogP contribution in [0, 0.1) is 6.92 Å². The lowest BCUT2D eigenvalue weighted by molar-refractivity contribution is 0.0954. The molecular formula is C22H26N4O2. The van der Waals surface area contributed by atoms with Crippen LogP contribution in [0.2, 0.25) is 0 Å². The molecule has 0 radical (unpaired) electrons. The maximum Gasteiger partial charge on any atom is 0.252 e. The summed E-state index contributed by atoms with van der Waals surface area (Å²) in [4.78, 5) is 17.7. The van der Waals surface area contributed by atoms with E-state index in [4.69, 9.17) is 9.72 Å². The number of hydrogen-bond donors (Lipinski definition) is 1. The van der Waals surface area contributed by atoms with E-state index in [9.17, 15) is 4.79 Å². The van der Waals surface area contributed by atoms with Crippen molar-refractivity contribution in [1.82, 2.24) is 20.1 Å². The summed E-state index contributed by atoms with van der Waals surface area (Å²) in [6.07, 6.45) is 4.00. The predicted octanol–water partition coefficient (Wildman–Crippen LogP) is 3.53. The van der Waals surface area contributed by atoms with Crippen molar-refractivity contribution in [3.8, 4) is 5.75 Å². The van der Waals surface area contributed by atoms with E-state index in [1.807, 2.05) is 38.2 Å². The van der Waals surface area contributed by atoms with Gasteiger partial charge in [0.1, 0.15) is 5.75 Å². The van der Waals surface area contributed by atoms with Crippen molar-refractivity contribution in [3.05, 3.63) is 52.8 Å². The lowest BCUT2D eigenvalue weighted by atomic mass is 10.1.